The van der Waals surface area contributed by atoms with E-state index < -0.39 is 0 Å². The van der Waals surface area contributed by atoms with E-state index in [4.69, 9.17) is 9.72 Å². The van der Waals surface area contributed by atoms with Crippen LogP contribution in [-0.4, -0.2) is 54.1 Å². The number of anilines is 2. The third-order valence-electron chi connectivity index (χ3n) is 6.36. The highest BCUT2D eigenvalue weighted by Gasteiger charge is 2.14. The zero-order valence-electron chi connectivity index (χ0n) is 20.4. The van der Waals surface area contributed by atoms with Gasteiger partial charge in [-0.15, -0.1) is 0 Å². The second-order valence-corrected chi connectivity index (χ2v) is 9.19. The maximum absolute atomic E-state index is 12.6. The van der Waals surface area contributed by atoms with Crippen molar-refractivity contribution in [3.05, 3.63) is 53.7 Å². The van der Waals surface area contributed by atoms with E-state index in [-0.39, 0.29) is 5.91 Å². The van der Waals surface area contributed by atoms with E-state index in [2.05, 4.69) is 40.4 Å². The molecule has 0 radical (unpaired) electrons. The molecule has 2 heterocycles. The number of nitrogens with zero attached hydrogens (tertiary/aromatic N) is 3. The zero-order chi connectivity index (χ0) is 23.9. The molecule has 0 unspecified atom stereocenters. The topological polar surface area (TPSA) is 79.4 Å². The molecule has 34 heavy (non-hydrogen) atoms. The van der Waals surface area contributed by atoms with Crippen LogP contribution in [0.2, 0.25) is 0 Å². The Labute approximate surface area is 201 Å². The number of aromatic nitrogens is 2. The van der Waals surface area contributed by atoms with Crippen LogP contribution in [0.4, 0.5) is 11.6 Å². The molecular formula is C27H35N5O2. The monoisotopic (exact) mass is 461 g/mol. The summed E-state index contributed by atoms with van der Waals surface area (Å²) < 4.78 is 5.55. The van der Waals surface area contributed by atoms with Gasteiger partial charge in [-0.05, 0) is 75.0 Å². The van der Waals surface area contributed by atoms with Crippen LogP contribution >= 0.6 is 0 Å². The van der Waals surface area contributed by atoms with Crippen molar-refractivity contribution in [2.45, 2.75) is 45.4 Å². The molecule has 1 aliphatic heterocycles. The van der Waals surface area contributed by atoms with Gasteiger partial charge in [0.2, 0.25) is 5.95 Å². The Balaban J connectivity index is 1.39. The Morgan fingerprint density at radius 3 is 2.74 bits per heavy atom. The normalized spacial score (nSPS) is 14.0. The molecule has 3 aromatic rings. The zero-order valence-corrected chi connectivity index (χ0v) is 20.4. The maximum atomic E-state index is 12.6. The van der Waals surface area contributed by atoms with Crippen LogP contribution in [0, 0.1) is 0 Å². The molecule has 4 rings (SSSR count). The van der Waals surface area contributed by atoms with Gasteiger partial charge < -0.3 is 20.3 Å². The largest absolute Gasteiger partial charge is 0.495 e. The van der Waals surface area contributed by atoms with Crippen LogP contribution in [0.25, 0.3) is 10.9 Å². The Morgan fingerprint density at radius 2 is 1.97 bits per heavy atom. The van der Waals surface area contributed by atoms with E-state index in [0.717, 1.165) is 30.3 Å². The fraction of sp³-hybridized carbons (Fsp3) is 0.444. The van der Waals surface area contributed by atoms with Gasteiger partial charge in [-0.2, -0.15) is 0 Å². The van der Waals surface area contributed by atoms with Crippen LogP contribution in [0.15, 0.2) is 42.6 Å². The Morgan fingerprint density at radius 1 is 1.15 bits per heavy atom. The Kier molecular flexibility index (Phi) is 7.95. The van der Waals surface area contributed by atoms with E-state index in [1.54, 1.807) is 19.2 Å². The number of hydrogen-bond acceptors (Lipinski definition) is 6. The Bertz CT molecular complexity index is 1130. The Hall–Kier alpha value is -3.19. The van der Waals surface area contributed by atoms with E-state index in [0.29, 0.717) is 35.4 Å². The summed E-state index contributed by atoms with van der Waals surface area (Å²) in [6.45, 7) is 8.55. The number of ether oxygens (including phenoxy) is 1. The number of nitrogens with one attached hydrogen (secondary N) is 2. The summed E-state index contributed by atoms with van der Waals surface area (Å²) in [5, 5.41) is 7.28. The van der Waals surface area contributed by atoms with Crippen molar-refractivity contribution in [3.8, 4) is 5.75 Å². The molecule has 7 heteroatoms. The maximum Gasteiger partial charge on any atom is 0.251 e. The number of fused-ring (bicyclic) bond motifs is 1. The average molecular weight is 462 g/mol. The summed E-state index contributed by atoms with van der Waals surface area (Å²) in [6.07, 6.45) is 6.55. The van der Waals surface area contributed by atoms with E-state index in [1.807, 2.05) is 24.4 Å². The number of unbranched alkanes of at least 4 members (excludes halogenated alkanes) is 1. The minimum atomic E-state index is -0.0884. The van der Waals surface area contributed by atoms with E-state index in [9.17, 15) is 4.79 Å². The first kappa shape index (κ1) is 24.0. The molecular weight excluding hydrogens is 426 g/mol. The fourth-order valence-corrected chi connectivity index (χ4v) is 4.43. The van der Waals surface area contributed by atoms with Crippen molar-refractivity contribution in [1.29, 1.82) is 0 Å². The van der Waals surface area contributed by atoms with Gasteiger partial charge in [0.15, 0.2) is 0 Å². The summed E-state index contributed by atoms with van der Waals surface area (Å²) in [5.41, 5.74) is 3.41. The molecule has 7 nitrogen and oxygen atoms in total. The van der Waals surface area contributed by atoms with Crippen molar-refractivity contribution in [3.63, 3.8) is 0 Å². The molecule has 2 N–H and O–H groups in total. The van der Waals surface area contributed by atoms with Crippen LogP contribution in [0.1, 0.15) is 61.4 Å². The lowest BCUT2D eigenvalue weighted by Crippen LogP contribution is -2.26. The van der Waals surface area contributed by atoms with Gasteiger partial charge in [0.25, 0.3) is 5.91 Å². The smallest absolute Gasteiger partial charge is 0.251 e. The van der Waals surface area contributed by atoms with Crippen molar-refractivity contribution in [1.82, 2.24) is 20.2 Å². The molecule has 0 bridgehead atoms. The molecule has 1 saturated heterocycles. The minimum Gasteiger partial charge on any atom is -0.495 e. The standard InChI is InChI=1S/C27H35N5O2/c1-19(2)22-10-8-9-21-18-29-27(31-25(21)22)30-23-12-11-20(17-24(23)34-3)26(33)28-13-4-5-14-32-15-6-7-16-32/h8-12,17-19H,4-7,13-16H2,1-3H3,(H,28,33)(H,29,30,31). The van der Waals surface area contributed by atoms with E-state index in [1.165, 1.54) is 31.5 Å². The van der Waals surface area contributed by atoms with Gasteiger partial charge in [0, 0.05) is 23.7 Å². The average Bonchev–Trinajstić information content (AvgIpc) is 3.37. The predicted molar refractivity (Wildman–Crippen MR) is 137 cm³/mol. The van der Waals surface area contributed by atoms with Crippen molar-refractivity contribution < 1.29 is 9.53 Å². The lowest BCUT2D eigenvalue weighted by molar-refractivity contribution is 0.0952. The highest BCUT2D eigenvalue weighted by atomic mass is 16.5. The molecule has 1 aliphatic rings. The number of benzene rings is 2. The van der Waals surface area contributed by atoms with Gasteiger partial charge in [-0.1, -0.05) is 32.0 Å². The van der Waals surface area contributed by atoms with Gasteiger partial charge >= 0.3 is 0 Å². The van der Waals surface area contributed by atoms with Crippen molar-refractivity contribution in [2.24, 2.45) is 0 Å². The van der Waals surface area contributed by atoms with Crippen molar-refractivity contribution >= 4 is 28.4 Å². The highest BCUT2D eigenvalue weighted by molar-refractivity contribution is 5.95. The molecule has 2 aromatic carbocycles. The summed E-state index contributed by atoms with van der Waals surface area (Å²) in [6, 6.07) is 11.5. The van der Waals surface area contributed by atoms with Crippen molar-refractivity contribution in [2.75, 3.05) is 38.6 Å². The number of likely N-dealkylation sites (tertiary alicyclic amines) is 1. The first-order valence-electron chi connectivity index (χ1n) is 12.3. The van der Waals surface area contributed by atoms with Crippen LogP contribution in [0.5, 0.6) is 5.75 Å². The first-order chi connectivity index (χ1) is 16.5. The number of methoxy groups -OCH3 is 1. The summed E-state index contributed by atoms with van der Waals surface area (Å²) >= 11 is 0. The lowest BCUT2D eigenvalue weighted by Gasteiger charge is -2.15. The molecule has 1 fully saturated rings. The third kappa shape index (κ3) is 5.83. The summed E-state index contributed by atoms with van der Waals surface area (Å²) in [4.78, 5) is 24.3. The summed E-state index contributed by atoms with van der Waals surface area (Å²) in [7, 11) is 1.60. The van der Waals surface area contributed by atoms with Crippen LogP contribution in [0.3, 0.4) is 0 Å². The van der Waals surface area contributed by atoms with E-state index >= 15 is 0 Å². The predicted octanol–water partition coefficient (Wildman–Crippen LogP) is 5.11. The van der Waals surface area contributed by atoms with Gasteiger partial charge in [-0.3, -0.25) is 4.79 Å². The lowest BCUT2D eigenvalue weighted by atomic mass is 10.0. The van der Waals surface area contributed by atoms with Gasteiger partial charge in [0.05, 0.1) is 18.3 Å². The van der Waals surface area contributed by atoms with Gasteiger partial charge in [0.1, 0.15) is 5.75 Å². The molecule has 1 aromatic heterocycles. The number of carbonyl (C=O) groups is 1. The highest BCUT2D eigenvalue weighted by Crippen LogP contribution is 2.29. The summed E-state index contributed by atoms with van der Waals surface area (Å²) in [5.74, 6) is 1.34. The third-order valence-corrected chi connectivity index (χ3v) is 6.36. The minimum absolute atomic E-state index is 0.0884. The molecule has 0 saturated carbocycles. The fourth-order valence-electron chi connectivity index (χ4n) is 4.43. The van der Waals surface area contributed by atoms with Gasteiger partial charge in [-0.25, -0.2) is 9.97 Å². The molecule has 0 aliphatic carbocycles. The molecule has 1 amide bonds. The number of carbonyl (C=O) groups excluding carboxylic acids is 1. The number of hydrogen-bond donors (Lipinski definition) is 2. The molecule has 180 valence electrons. The number of amides is 1. The van der Waals surface area contributed by atoms with Crippen LogP contribution < -0.4 is 15.4 Å². The quantitative estimate of drug-likeness (QED) is 0.409. The molecule has 0 atom stereocenters. The first-order valence-corrected chi connectivity index (χ1v) is 12.3. The SMILES string of the molecule is COc1cc(C(=O)NCCCCN2CCCC2)ccc1Nc1ncc2cccc(C(C)C)c2n1. The number of rotatable bonds is 10. The second kappa shape index (κ2) is 11.3. The van der Waals surface area contributed by atoms with Crippen LogP contribution in [-0.2, 0) is 0 Å². The number of para-hydroxylation sites is 1. The molecule has 0 spiro atoms. The second-order valence-electron chi connectivity index (χ2n) is 9.19.